The van der Waals surface area contributed by atoms with E-state index in [9.17, 15) is 18.0 Å². The summed E-state index contributed by atoms with van der Waals surface area (Å²) >= 11 is 0. The molecule has 0 atom stereocenters. The fourth-order valence-electron chi connectivity index (χ4n) is 3.86. The minimum absolute atomic E-state index is 0.0443. The first-order valence-corrected chi connectivity index (χ1v) is 11.6. The molecule has 10 heteroatoms. The van der Waals surface area contributed by atoms with E-state index in [0.29, 0.717) is 38.3 Å². The average molecular weight is 439 g/mol. The van der Waals surface area contributed by atoms with Gasteiger partial charge in [-0.2, -0.15) is 4.31 Å². The van der Waals surface area contributed by atoms with E-state index in [1.807, 2.05) is 13.8 Å². The molecule has 1 aromatic rings. The van der Waals surface area contributed by atoms with Crippen LogP contribution in [0.15, 0.2) is 29.2 Å². The van der Waals surface area contributed by atoms with Crippen molar-refractivity contribution in [1.82, 2.24) is 19.8 Å². The van der Waals surface area contributed by atoms with E-state index in [2.05, 4.69) is 10.6 Å². The predicted octanol–water partition coefficient (Wildman–Crippen LogP) is 1.02. The number of nitrogens with one attached hydrogen (secondary N) is 2. The van der Waals surface area contributed by atoms with Gasteiger partial charge in [-0.15, -0.1) is 0 Å². The number of amides is 3. The first-order chi connectivity index (χ1) is 14.2. The van der Waals surface area contributed by atoms with E-state index >= 15 is 0 Å². The minimum Gasteiger partial charge on any atom is -0.492 e. The third-order valence-corrected chi connectivity index (χ3v) is 7.47. The Labute approximate surface area is 177 Å². The topological polar surface area (TPSA) is 108 Å². The van der Waals surface area contributed by atoms with Crippen LogP contribution in [0.25, 0.3) is 0 Å². The third kappa shape index (κ3) is 4.70. The number of nitrogens with zero attached hydrogens (tertiary/aromatic N) is 2. The maximum absolute atomic E-state index is 13.3. The van der Waals surface area contributed by atoms with Crippen molar-refractivity contribution < 1.29 is 22.7 Å². The lowest BCUT2D eigenvalue weighted by molar-refractivity contribution is -0.121. The van der Waals surface area contributed by atoms with Crippen LogP contribution in [0.2, 0.25) is 0 Å². The van der Waals surface area contributed by atoms with E-state index in [-0.39, 0.29) is 36.0 Å². The van der Waals surface area contributed by atoms with Gasteiger partial charge in [0.2, 0.25) is 15.9 Å². The van der Waals surface area contributed by atoms with Gasteiger partial charge in [-0.3, -0.25) is 4.79 Å². The number of hydrogen-bond donors (Lipinski definition) is 2. The summed E-state index contributed by atoms with van der Waals surface area (Å²) in [6, 6.07) is 6.42. The van der Waals surface area contributed by atoms with Crippen LogP contribution >= 0.6 is 0 Å². The molecule has 1 fully saturated rings. The molecule has 1 saturated heterocycles. The number of rotatable bonds is 3. The van der Waals surface area contributed by atoms with Crippen molar-refractivity contribution in [3.63, 3.8) is 0 Å². The summed E-state index contributed by atoms with van der Waals surface area (Å²) in [4.78, 5) is 26.2. The van der Waals surface area contributed by atoms with Crippen molar-refractivity contribution >= 4 is 22.0 Å². The van der Waals surface area contributed by atoms with Crippen LogP contribution in [0.4, 0.5) is 4.79 Å². The third-order valence-electron chi connectivity index (χ3n) is 5.63. The van der Waals surface area contributed by atoms with Gasteiger partial charge < -0.3 is 20.3 Å². The van der Waals surface area contributed by atoms with Crippen LogP contribution in [0.3, 0.4) is 0 Å². The second-order valence-electron chi connectivity index (χ2n) is 8.27. The molecule has 3 amide bonds. The van der Waals surface area contributed by atoms with Crippen molar-refractivity contribution in [2.24, 2.45) is 5.41 Å². The normalized spacial score (nSPS) is 20.6. The predicted molar refractivity (Wildman–Crippen MR) is 112 cm³/mol. The first-order valence-electron chi connectivity index (χ1n) is 10.1. The lowest BCUT2D eigenvalue weighted by Crippen LogP contribution is -2.55. The maximum atomic E-state index is 13.3. The van der Waals surface area contributed by atoms with Gasteiger partial charge in [0.25, 0.3) is 0 Å². The molecule has 0 radical (unpaired) electrons. The zero-order chi connectivity index (χ0) is 21.9. The number of carbonyl (C=O) groups is 2. The maximum Gasteiger partial charge on any atom is 0.317 e. The SMILES string of the molecule is CNC(=O)CN1CC2(CCN(C(=O)NC(C)C)CC2)COc2ccccc2S1(=O)=O. The Bertz CT molecular complexity index is 894. The quantitative estimate of drug-likeness (QED) is 0.733. The van der Waals surface area contributed by atoms with Gasteiger partial charge in [0.15, 0.2) is 0 Å². The molecule has 0 aromatic heterocycles. The molecule has 0 bridgehead atoms. The van der Waals surface area contributed by atoms with Gasteiger partial charge in [0.05, 0.1) is 13.2 Å². The Morgan fingerprint density at radius 2 is 1.87 bits per heavy atom. The first kappa shape index (κ1) is 22.4. The molecule has 0 unspecified atom stereocenters. The second-order valence-corrected chi connectivity index (χ2v) is 10.2. The fourth-order valence-corrected chi connectivity index (χ4v) is 5.50. The molecule has 2 heterocycles. The highest BCUT2D eigenvalue weighted by Gasteiger charge is 2.44. The molecule has 1 aromatic carbocycles. The molecule has 2 N–H and O–H groups in total. The molecule has 3 rings (SSSR count). The molecule has 2 aliphatic heterocycles. The highest BCUT2D eigenvalue weighted by molar-refractivity contribution is 7.89. The molecule has 0 aliphatic carbocycles. The summed E-state index contributed by atoms with van der Waals surface area (Å²) in [6.07, 6.45) is 1.17. The van der Waals surface area contributed by atoms with E-state index in [1.54, 1.807) is 23.1 Å². The van der Waals surface area contributed by atoms with Crippen LogP contribution in [0.1, 0.15) is 26.7 Å². The summed E-state index contributed by atoms with van der Waals surface area (Å²) in [5.74, 6) is -0.0834. The van der Waals surface area contributed by atoms with Crippen LogP contribution in [0.5, 0.6) is 5.75 Å². The van der Waals surface area contributed by atoms with Crippen molar-refractivity contribution in [1.29, 1.82) is 0 Å². The van der Waals surface area contributed by atoms with Crippen molar-refractivity contribution in [2.45, 2.75) is 37.6 Å². The molecule has 1 spiro atoms. The van der Waals surface area contributed by atoms with Crippen molar-refractivity contribution in [3.05, 3.63) is 24.3 Å². The number of sulfonamides is 1. The summed E-state index contributed by atoms with van der Waals surface area (Å²) in [6.45, 7) is 5.04. The van der Waals surface area contributed by atoms with Gasteiger partial charge in [-0.1, -0.05) is 12.1 Å². The standard InChI is InChI=1S/C20H30N4O5S/c1-15(2)22-19(26)23-10-8-20(9-11-23)13-24(12-18(25)21-3)30(27,28)17-7-5-4-6-16(17)29-14-20/h4-7,15H,8-14H2,1-3H3,(H,21,25)(H,22,26). The zero-order valence-electron chi connectivity index (χ0n) is 17.7. The molecular weight excluding hydrogens is 408 g/mol. The minimum atomic E-state index is -3.91. The van der Waals surface area contributed by atoms with Gasteiger partial charge >= 0.3 is 6.03 Å². The number of piperidine rings is 1. The molecule has 30 heavy (non-hydrogen) atoms. The lowest BCUT2D eigenvalue weighted by Gasteiger charge is -2.44. The number of urea groups is 1. The molecule has 166 valence electrons. The lowest BCUT2D eigenvalue weighted by atomic mass is 9.79. The average Bonchev–Trinajstić information content (AvgIpc) is 2.71. The van der Waals surface area contributed by atoms with Crippen LogP contribution in [0, 0.1) is 5.41 Å². The van der Waals surface area contributed by atoms with E-state index in [0.717, 1.165) is 0 Å². The highest BCUT2D eigenvalue weighted by Crippen LogP contribution is 2.39. The van der Waals surface area contributed by atoms with E-state index in [1.165, 1.54) is 17.4 Å². The Morgan fingerprint density at radius 3 is 2.50 bits per heavy atom. The number of hydrogen-bond acceptors (Lipinski definition) is 5. The van der Waals surface area contributed by atoms with E-state index < -0.39 is 15.4 Å². The van der Waals surface area contributed by atoms with Crippen LogP contribution < -0.4 is 15.4 Å². The zero-order valence-corrected chi connectivity index (χ0v) is 18.5. The monoisotopic (exact) mass is 438 g/mol. The summed E-state index contributed by atoms with van der Waals surface area (Å²) in [5, 5.41) is 5.40. The highest BCUT2D eigenvalue weighted by atomic mass is 32.2. The molecular formula is C20H30N4O5S. The van der Waals surface area contributed by atoms with Gasteiger partial charge in [-0.25, -0.2) is 13.2 Å². The van der Waals surface area contributed by atoms with Gasteiger partial charge in [0.1, 0.15) is 10.6 Å². The van der Waals surface area contributed by atoms with Crippen LogP contribution in [-0.4, -0.2) is 75.4 Å². The number of carbonyl (C=O) groups excluding carboxylic acids is 2. The fraction of sp³-hybridized carbons (Fsp3) is 0.600. The Hall–Kier alpha value is -2.33. The number of fused-ring (bicyclic) bond motifs is 1. The van der Waals surface area contributed by atoms with Crippen molar-refractivity contribution in [2.75, 3.05) is 39.8 Å². The summed E-state index contributed by atoms with van der Waals surface area (Å²) < 4.78 is 33.9. The molecule has 9 nitrogen and oxygen atoms in total. The smallest absolute Gasteiger partial charge is 0.317 e. The number of para-hydroxylation sites is 1. The summed E-state index contributed by atoms with van der Waals surface area (Å²) in [7, 11) is -2.43. The van der Waals surface area contributed by atoms with Crippen molar-refractivity contribution in [3.8, 4) is 5.75 Å². The number of likely N-dealkylation sites (tertiary alicyclic amines) is 1. The number of ether oxygens (including phenoxy) is 1. The number of benzene rings is 1. The molecule has 0 saturated carbocycles. The van der Waals surface area contributed by atoms with Gasteiger partial charge in [0, 0.05) is 38.1 Å². The largest absolute Gasteiger partial charge is 0.492 e. The Kier molecular flexibility index (Phi) is 6.56. The number of likely N-dealkylation sites (N-methyl/N-ethyl adjacent to an activating group) is 1. The Morgan fingerprint density at radius 1 is 1.20 bits per heavy atom. The second kappa shape index (κ2) is 8.81. The summed E-state index contributed by atoms with van der Waals surface area (Å²) in [5.41, 5.74) is -0.483. The van der Waals surface area contributed by atoms with Crippen LogP contribution in [-0.2, 0) is 14.8 Å². The molecule has 2 aliphatic rings. The Balaban J connectivity index is 1.87. The van der Waals surface area contributed by atoms with Gasteiger partial charge in [-0.05, 0) is 38.8 Å². The van der Waals surface area contributed by atoms with E-state index in [4.69, 9.17) is 4.74 Å².